The first-order valence-electron chi connectivity index (χ1n) is 8.34. The number of carboxylic acids is 1. The molecule has 3 heterocycles. The lowest BCUT2D eigenvalue weighted by Crippen LogP contribution is -2.34. The Balaban J connectivity index is 1.80. The monoisotopic (exact) mass is 338 g/mol. The fourth-order valence-electron chi connectivity index (χ4n) is 3.90. The second-order valence-electron chi connectivity index (χ2n) is 6.59. The van der Waals surface area contributed by atoms with Gasteiger partial charge >= 0.3 is 5.97 Å². The molecule has 0 atom stereocenters. The van der Waals surface area contributed by atoms with E-state index in [4.69, 9.17) is 5.11 Å². The van der Waals surface area contributed by atoms with E-state index in [9.17, 15) is 9.59 Å². The minimum atomic E-state index is -1.19. The van der Waals surface area contributed by atoms with Crippen LogP contribution in [-0.2, 0) is 12.0 Å². The summed E-state index contributed by atoms with van der Waals surface area (Å²) in [5.41, 5.74) is -0.00189. The van der Waals surface area contributed by atoms with E-state index in [1.165, 1.54) is 0 Å². The van der Waals surface area contributed by atoms with E-state index in [1.807, 2.05) is 24.4 Å². The van der Waals surface area contributed by atoms with Crippen LogP contribution in [0.3, 0.4) is 0 Å². The molecular formula is C18H18N4O3. The van der Waals surface area contributed by atoms with Crippen molar-refractivity contribution in [3.8, 4) is 0 Å². The quantitative estimate of drug-likeness (QED) is 0.760. The van der Waals surface area contributed by atoms with Crippen LogP contribution in [0.4, 0.5) is 0 Å². The zero-order valence-corrected chi connectivity index (χ0v) is 13.6. The van der Waals surface area contributed by atoms with Crippen molar-refractivity contribution in [3.63, 3.8) is 0 Å². The molecule has 7 heteroatoms. The normalized spacial score (nSPS) is 16.3. The Bertz CT molecular complexity index is 999. The number of fused-ring (bicyclic) bond motifs is 1. The topological polar surface area (TPSA) is 101 Å². The Morgan fingerprint density at radius 2 is 2.12 bits per heavy atom. The standard InChI is InChI=1S/C18H18N4O3/c23-15-10-13(17(24)25)20-14(21-15)11-18(6-1-2-7-18)22-9-5-12-4-3-8-19-16(12)22/h3-5,8-10H,1-2,6-7,11H2,(H,24,25)(H,20,21,23). The van der Waals surface area contributed by atoms with Gasteiger partial charge in [0.25, 0.3) is 5.56 Å². The molecule has 3 aromatic heterocycles. The van der Waals surface area contributed by atoms with Gasteiger partial charge in [0, 0.05) is 30.3 Å². The number of nitrogens with one attached hydrogen (secondary N) is 1. The summed E-state index contributed by atoms with van der Waals surface area (Å²) in [5, 5.41) is 10.2. The van der Waals surface area contributed by atoms with E-state index >= 15 is 0 Å². The van der Waals surface area contributed by atoms with E-state index in [0.29, 0.717) is 12.2 Å². The number of hydrogen-bond donors (Lipinski definition) is 2. The molecule has 0 unspecified atom stereocenters. The molecule has 0 saturated heterocycles. The van der Waals surface area contributed by atoms with Crippen LogP contribution in [0.1, 0.15) is 42.0 Å². The van der Waals surface area contributed by atoms with Gasteiger partial charge in [-0.3, -0.25) is 4.79 Å². The number of carbonyl (C=O) groups is 1. The smallest absolute Gasteiger partial charge is 0.354 e. The number of aromatic carboxylic acids is 1. The fraction of sp³-hybridized carbons (Fsp3) is 0.333. The second-order valence-corrected chi connectivity index (χ2v) is 6.59. The molecule has 0 amide bonds. The van der Waals surface area contributed by atoms with Crippen LogP contribution < -0.4 is 5.56 Å². The molecule has 128 valence electrons. The predicted molar refractivity (Wildman–Crippen MR) is 91.7 cm³/mol. The van der Waals surface area contributed by atoms with Crippen molar-refractivity contribution in [2.75, 3.05) is 0 Å². The highest BCUT2D eigenvalue weighted by atomic mass is 16.4. The first-order valence-corrected chi connectivity index (χ1v) is 8.34. The maximum absolute atomic E-state index is 11.8. The molecule has 25 heavy (non-hydrogen) atoms. The van der Waals surface area contributed by atoms with Crippen LogP contribution >= 0.6 is 0 Å². The Morgan fingerprint density at radius 1 is 1.32 bits per heavy atom. The number of aromatic nitrogens is 4. The average molecular weight is 338 g/mol. The maximum Gasteiger partial charge on any atom is 0.354 e. The van der Waals surface area contributed by atoms with Gasteiger partial charge < -0.3 is 14.7 Å². The number of hydrogen-bond acceptors (Lipinski definition) is 4. The number of pyridine rings is 1. The van der Waals surface area contributed by atoms with Gasteiger partial charge in [-0.15, -0.1) is 0 Å². The fourth-order valence-corrected chi connectivity index (χ4v) is 3.90. The third kappa shape index (κ3) is 2.71. The van der Waals surface area contributed by atoms with Gasteiger partial charge in [-0.05, 0) is 31.0 Å². The lowest BCUT2D eigenvalue weighted by Gasteiger charge is -2.31. The van der Waals surface area contributed by atoms with Gasteiger partial charge in [-0.25, -0.2) is 14.8 Å². The average Bonchev–Trinajstić information content (AvgIpc) is 3.21. The van der Waals surface area contributed by atoms with Crippen molar-refractivity contribution in [3.05, 3.63) is 58.5 Å². The molecule has 0 aromatic carbocycles. The lowest BCUT2D eigenvalue weighted by molar-refractivity contribution is 0.0689. The van der Waals surface area contributed by atoms with Gasteiger partial charge in [0.1, 0.15) is 11.5 Å². The molecule has 0 aliphatic heterocycles. The Hall–Kier alpha value is -2.96. The minimum absolute atomic E-state index is 0.220. The highest BCUT2D eigenvalue weighted by Crippen LogP contribution is 2.40. The zero-order chi connectivity index (χ0) is 17.4. The van der Waals surface area contributed by atoms with E-state index in [1.54, 1.807) is 6.20 Å². The summed E-state index contributed by atoms with van der Waals surface area (Å²) in [6, 6.07) is 6.97. The number of nitrogens with zero attached hydrogens (tertiary/aromatic N) is 3. The molecule has 0 spiro atoms. The third-order valence-corrected chi connectivity index (χ3v) is 5.00. The van der Waals surface area contributed by atoms with E-state index in [-0.39, 0.29) is 11.2 Å². The number of carboxylic acid groups (broad SMARTS) is 1. The van der Waals surface area contributed by atoms with Crippen molar-refractivity contribution in [1.82, 2.24) is 19.5 Å². The molecule has 0 bridgehead atoms. The van der Waals surface area contributed by atoms with Crippen molar-refractivity contribution in [2.45, 2.75) is 37.6 Å². The van der Waals surface area contributed by atoms with Crippen LogP contribution in [0, 0.1) is 0 Å². The molecule has 7 nitrogen and oxygen atoms in total. The van der Waals surface area contributed by atoms with E-state index in [2.05, 4.69) is 19.5 Å². The van der Waals surface area contributed by atoms with Crippen molar-refractivity contribution >= 4 is 17.0 Å². The van der Waals surface area contributed by atoms with Gasteiger partial charge in [0.2, 0.25) is 0 Å². The van der Waals surface area contributed by atoms with Crippen LogP contribution in [0.2, 0.25) is 0 Å². The molecule has 3 aromatic rings. The SMILES string of the molecule is O=C(O)c1cc(=O)[nH]c(CC2(n3ccc4cccnc43)CCCC2)n1. The number of H-pyrrole nitrogens is 1. The summed E-state index contributed by atoms with van der Waals surface area (Å²) in [6.07, 6.45) is 8.31. The minimum Gasteiger partial charge on any atom is -0.477 e. The molecular weight excluding hydrogens is 320 g/mol. The first-order chi connectivity index (χ1) is 12.1. The summed E-state index contributed by atoms with van der Waals surface area (Å²) < 4.78 is 2.17. The molecule has 1 aliphatic rings. The van der Waals surface area contributed by atoms with Crippen LogP contribution in [0.5, 0.6) is 0 Å². The first kappa shape index (κ1) is 15.6. The zero-order valence-electron chi connectivity index (χ0n) is 13.6. The van der Waals surface area contributed by atoms with Crippen molar-refractivity contribution < 1.29 is 9.90 Å². The van der Waals surface area contributed by atoms with Gasteiger partial charge in [0.05, 0.1) is 5.54 Å². The Labute approximate surface area is 143 Å². The molecule has 1 saturated carbocycles. The van der Waals surface area contributed by atoms with Crippen LogP contribution in [-0.4, -0.2) is 30.6 Å². The van der Waals surface area contributed by atoms with E-state index in [0.717, 1.165) is 42.8 Å². The molecule has 4 rings (SSSR count). The summed E-state index contributed by atoms with van der Waals surface area (Å²) in [6.45, 7) is 0. The molecule has 1 aliphatic carbocycles. The number of aromatic amines is 1. The molecule has 0 radical (unpaired) electrons. The predicted octanol–water partition coefficient (Wildman–Crippen LogP) is 2.33. The highest BCUT2D eigenvalue weighted by molar-refractivity contribution is 5.85. The summed E-state index contributed by atoms with van der Waals surface area (Å²) >= 11 is 0. The van der Waals surface area contributed by atoms with E-state index < -0.39 is 11.5 Å². The summed E-state index contributed by atoms with van der Waals surface area (Å²) in [7, 11) is 0. The van der Waals surface area contributed by atoms with Crippen LogP contribution in [0.25, 0.3) is 11.0 Å². The Kier molecular flexibility index (Phi) is 3.63. The molecule has 1 fully saturated rings. The van der Waals surface area contributed by atoms with Crippen molar-refractivity contribution in [1.29, 1.82) is 0 Å². The largest absolute Gasteiger partial charge is 0.477 e. The van der Waals surface area contributed by atoms with Crippen molar-refractivity contribution in [2.24, 2.45) is 0 Å². The highest BCUT2D eigenvalue weighted by Gasteiger charge is 2.37. The van der Waals surface area contributed by atoms with Gasteiger partial charge in [-0.2, -0.15) is 0 Å². The van der Waals surface area contributed by atoms with Gasteiger partial charge in [-0.1, -0.05) is 12.8 Å². The summed E-state index contributed by atoms with van der Waals surface area (Å²) in [5.74, 6) is -0.787. The maximum atomic E-state index is 11.8. The third-order valence-electron chi connectivity index (χ3n) is 5.00. The summed E-state index contributed by atoms with van der Waals surface area (Å²) in [4.78, 5) is 34.4. The van der Waals surface area contributed by atoms with Gasteiger partial charge in [0.15, 0.2) is 5.69 Å². The second kappa shape index (κ2) is 5.84. The molecule has 2 N–H and O–H groups in total. The van der Waals surface area contributed by atoms with Crippen LogP contribution in [0.15, 0.2) is 41.5 Å². The number of rotatable bonds is 4. The Morgan fingerprint density at radius 3 is 2.88 bits per heavy atom. The lowest BCUT2D eigenvalue weighted by atomic mass is 9.92.